The van der Waals surface area contributed by atoms with Crippen molar-refractivity contribution in [3.05, 3.63) is 21.9 Å². The summed E-state index contributed by atoms with van der Waals surface area (Å²) < 4.78 is 0. The minimum Gasteiger partial charge on any atom is -0.332 e. The lowest BCUT2D eigenvalue weighted by Crippen LogP contribution is -2.56. The van der Waals surface area contributed by atoms with Crippen LogP contribution in [0.1, 0.15) is 30.3 Å². The van der Waals surface area contributed by atoms with Gasteiger partial charge in [-0.2, -0.15) is 0 Å². The number of carbonyl (C=O) groups is 2. The standard InChI is InChI=1S/C14H18N2O2S/c1-9(2)14(18)15-7-11-10-4-6-19-12(10)3-5-16(11)13(17)8-15/h4,6,9,11H,3,5,7-8H2,1-2H3. The molecule has 1 fully saturated rings. The second-order valence-corrected chi connectivity index (χ2v) is 6.53. The molecule has 0 N–H and O–H groups in total. The first kappa shape index (κ1) is 12.7. The van der Waals surface area contributed by atoms with Crippen molar-refractivity contribution in [2.24, 2.45) is 5.92 Å². The lowest BCUT2D eigenvalue weighted by molar-refractivity contribution is -0.150. The Hall–Kier alpha value is -1.36. The smallest absolute Gasteiger partial charge is 0.242 e. The fraction of sp³-hybridized carbons (Fsp3) is 0.571. The Bertz CT molecular complexity index is 523. The predicted octanol–water partition coefficient (Wildman–Crippen LogP) is 1.67. The van der Waals surface area contributed by atoms with E-state index in [1.807, 2.05) is 18.7 Å². The number of carbonyl (C=O) groups excluding carboxylic acids is 2. The molecule has 0 bridgehead atoms. The number of hydrogen-bond donors (Lipinski definition) is 0. The van der Waals surface area contributed by atoms with Crippen LogP contribution in [0.25, 0.3) is 0 Å². The van der Waals surface area contributed by atoms with Crippen molar-refractivity contribution in [1.29, 1.82) is 0 Å². The number of nitrogens with zero attached hydrogens (tertiary/aromatic N) is 2. The van der Waals surface area contributed by atoms with Gasteiger partial charge in [0.2, 0.25) is 11.8 Å². The van der Waals surface area contributed by atoms with Gasteiger partial charge in [-0.1, -0.05) is 13.8 Å². The highest BCUT2D eigenvalue weighted by Crippen LogP contribution is 2.36. The number of piperazine rings is 1. The van der Waals surface area contributed by atoms with Crippen LogP contribution >= 0.6 is 11.3 Å². The van der Waals surface area contributed by atoms with Gasteiger partial charge in [0.1, 0.15) is 0 Å². The molecule has 5 heteroatoms. The van der Waals surface area contributed by atoms with Crippen LogP contribution in [0.2, 0.25) is 0 Å². The Balaban J connectivity index is 1.89. The fourth-order valence-electron chi connectivity index (χ4n) is 2.95. The Labute approximate surface area is 117 Å². The highest BCUT2D eigenvalue weighted by molar-refractivity contribution is 7.10. The number of amides is 2. The van der Waals surface area contributed by atoms with Crippen LogP contribution < -0.4 is 0 Å². The molecule has 2 aliphatic rings. The quantitative estimate of drug-likeness (QED) is 0.784. The highest BCUT2D eigenvalue weighted by atomic mass is 32.1. The van der Waals surface area contributed by atoms with Crippen LogP contribution in [0.5, 0.6) is 0 Å². The van der Waals surface area contributed by atoms with Gasteiger partial charge in [0.05, 0.1) is 12.6 Å². The molecular weight excluding hydrogens is 260 g/mol. The van der Waals surface area contributed by atoms with Crippen molar-refractivity contribution in [2.45, 2.75) is 26.3 Å². The van der Waals surface area contributed by atoms with Crippen molar-refractivity contribution in [3.8, 4) is 0 Å². The van der Waals surface area contributed by atoms with Gasteiger partial charge in [-0.05, 0) is 23.4 Å². The van der Waals surface area contributed by atoms with Crippen molar-refractivity contribution < 1.29 is 9.59 Å². The lowest BCUT2D eigenvalue weighted by atomic mass is 9.96. The molecule has 3 rings (SSSR count). The lowest BCUT2D eigenvalue weighted by Gasteiger charge is -2.44. The van der Waals surface area contributed by atoms with E-state index in [9.17, 15) is 9.59 Å². The highest BCUT2D eigenvalue weighted by Gasteiger charge is 2.39. The summed E-state index contributed by atoms with van der Waals surface area (Å²) in [5.74, 6) is 0.113. The minimum atomic E-state index is -0.0510. The van der Waals surface area contributed by atoms with Crippen LogP contribution in [0.4, 0.5) is 0 Å². The molecule has 3 heterocycles. The van der Waals surface area contributed by atoms with E-state index >= 15 is 0 Å². The van der Waals surface area contributed by atoms with Crippen LogP contribution in [-0.4, -0.2) is 41.2 Å². The molecule has 0 spiro atoms. The first-order valence-electron chi connectivity index (χ1n) is 6.72. The fourth-order valence-corrected chi connectivity index (χ4v) is 3.88. The topological polar surface area (TPSA) is 40.6 Å². The van der Waals surface area contributed by atoms with E-state index in [1.165, 1.54) is 10.4 Å². The van der Waals surface area contributed by atoms with Crippen molar-refractivity contribution in [3.63, 3.8) is 0 Å². The third-order valence-corrected chi connectivity index (χ3v) is 4.94. The molecule has 2 aliphatic heterocycles. The number of thiophene rings is 1. The van der Waals surface area contributed by atoms with Crippen molar-refractivity contribution in [2.75, 3.05) is 19.6 Å². The maximum Gasteiger partial charge on any atom is 0.242 e. The van der Waals surface area contributed by atoms with Crippen LogP contribution in [-0.2, 0) is 16.0 Å². The average Bonchev–Trinajstić information content (AvgIpc) is 2.86. The molecule has 0 aromatic carbocycles. The van der Waals surface area contributed by atoms with Gasteiger partial charge >= 0.3 is 0 Å². The van der Waals surface area contributed by atoms with Gasteiger partial charge in [0.15, 0.2) is 0 Å². The zero-order valence-corrected chi connectivity index (χ0v) is 12.1. The summed E-state index contributed by atoms with van der Waals surface area (Å²) in [5, 5.41) is 2.09. The number of fused-ring (bicyclic) bond motifs is 3. The largest absolute Gasteiger partial charge is 0.332 e. The molecule has 1 aromatic heterocycles. The summed E-state index contributed by atoms with van der Waals surface area (Å²) >= 11 is 1.76. The third kappa shape index (κ3) is 2.06. The van der Waals surface area contributed by atoms with Gasteiger partial charge in [-0.3, -0.25) is 9.59 Å². The Morgan fingerprint density at radius 2 is 2.26 bits per heavy atom. The maximum atomic E-state index is 12.2. The predicted molar refractivity (Wildman–Crippen MR) is 73.9 cm³/mol. The zero-order valence-electron chi connectivity index (χ0n) is 11.3. The molecule has 1 saturated heterocycles. The normalized spacial score (nSPS) is 22.5. The number of rotatable bonds is 1. The molecule has 102 valence electrons. The second-order valence-electron chi connectivity index (χ2n) is 5.53. The summed E-state index contributed by atoms with van der Waals surface area (Å²) in [5.41, 5.74) is 1.24. The second kappa shape index (κ2) is 4.63. The van der Waals surface area contributed by atoms with E-state index in [2.05, 4.69) is 11.4 Å². The van der Waals surface area contributed by atoms with E-state index in [0.717, 1.165) is 13.0 Å². The van der Waals surface area contributed by atoms with Crippen molar-refractivity contribution in [1.82, 2.24) is 9.80 Å². The summed E-state index contributed by atoms with van der Waals surface area (Å²) in [7, 11) is 0. The van der Waals surface area contributed by atoms with Gasteiger partial charge in [0, 0.05) is 23.9 Å². The number of hydrogen-bond acceptors (Lipinski definition) is 3. The molecule has 4 nitrogen and oxygen atoms in total. The summed E-state index contributed by atoms with van der Waals surface area (Å²) in [6.45, 7) is 5.45. The molecule has 19 heavy (non-hydrogen) atoms. The van der Waals surface area contributed by atoms with Gasteiger partial charge < -0.3 is 9.80 Å². The Kier molecular flexibility index (Phi) is 3.09. The Morgan fingerprint density at radius 1 is 1.47 bits per heavy atom. The Morgan fingerprint density at radius 3 is 3.00 bits per heavy atom. The van der Waals surface area contributed by atoms with E-state index in [-0.39, 0.29) is 30.3 Å². The maximum absolute atomic E-state index is 12.2. The molecular formula is C14H18N2O2S. The third-order valence-electron chi connectivity index (χ3n) is 3.94. The monoisotopic (exact) mass is 278 g/mol. The zero-order chi connectivity index (χ0) is 13.6. The van der Waals surface area contributed by atoms with Gasteiger partial charge in [-0.25, -0.2) is 0 Å². The summed E-state index contributed by atoms with van der Waals surface area (Å²) in [6.07, 6.45) is 0.952. The molecule has 1 unspecified atom stereocenters. The molecule has 2 amide bonds. The molecule has 0 radical (unpaired) electrons. The molecule has 1 atom stereocenters. The van der Waals surface area contributed by atoms with E-state index in [1.54, 1.807) is 16.2 Å². The van der Waals surface area contributed by atoms with Crippen LogP contribution in [0.3, 0.4) is 0 Å². The molecule has 1 aromatic rings. The summed E-state index contributed by atoms with van der Waals surface area (Å²) in [6, 6.07) is 2.17. The molecule has 0 aliphatic carbocycles. The van der Waals surface area contributed by atoms with E-state index in [4.69, 9.17) is 0 Å². The first-order valence-corrected chi connectivity index (χ1v) is 7.60. The van der Waals surface area contributed by atoms with Gasteiger partial charge in [0.25, 0.3) is 0 Å². The van der Waals surface area contributed by atoms with Gasteiger partial charge in [-0.15, -0.1) is 11.3 Å². The van der Waals surface area contributed by atoms with Crippen LogP contribution in [0.15, 0.2) is 11.4 Å². The van der Waals surface area contributed by atoms with Crippen LogP contribution in [0, 0.1) is 5.92 Å². The van der Waals surface area contributed by atoms with Crippen molar-refractivity contribution >= 4 is 23.2 Å². The molecule has 0 saturated carbocycles. The summed E-state index contributed by atoms with van der Waals surface area (Å²) in [4.78, 5) is 29.4. The SMILES string of the molecule is CC(C)C(=O)N1CC(=O)N2CCc3sccc3C2C1. The van der Waals surface area contributed by atoms with E-state index < -0.39 is 0 Å². The minimum absolute atomic E-state index is 0.0510. The average molecular weight is 278 g/mol. The first-order chi connectivity index (χ1) is 9.08. The van der Waals surface area contributed by atoms with E-state index in [0.29, 0.717) is 6.54 Å².